The molecule has 0 aromatic heterocycles. The van der Waals surface area contributed by atoms with Crippen molar-refractivity contribution >= 4 is 18.1 Å². The zero-order chi connectivity index (χ0) is 15.2. The molecule has 0 saturated carbocycles. The summed E-state index contributed by atoms with van der Waals surface area (Å²) >= 11 is 0. The Morgan fingerprint density at radius 1 is 1.29 bits per heavy atom. The summed E-state index contributed by atoms with van der Waals surface area (Å²) in [5, 5.41) is 9.06. The Hall–Kier alpha value is -2.30. The Morgan fingerprint density at radius 2 is 2.00 bits per heavy atom. The van der Waals surface area contributed by atoms with Crippen LogP contribution in [0.15, 0.2) is 24.3 Å². The van der Waals surface area contributed by atoms with Gasteiger partial charge in [0.25, 0.3) is 0 Å². The number of amides is 1. The SMILES string of the molecule is CCOC(=O)C=Cc1ccc2c(c1)CCN(C(=O)O)CC2. The lowest BCUT2D eigenvalue weighted by Gasteiger charge is -2.14. The highest BCUT2D eigenvalue weighted by atomic mass is 16.5. The van der Waals surface area contributed by atoms with E-state index in [1.54, 1.807) is 13.0 Å². The minimum Gasteiger partial charge on any atom is -0.465 e. The molecule has 21 heavy (non-hydrogen) atoms. The molecular weight excluding hydrogens is 270 g/mol. The maximum atomic E-state index is 11.3. The topological polar surface area (TPSA) is 66.8 Å². The van der Waals surface area contributed by atoms with Crippen LogP contribution in [0.5, 0.6) is 0 Å². The van der Waals surface area contributed by atoms with Crippen molar-refractivity contribution in [2.24, 2.45) is 0 Å². The summed E-state index contributed by atoms with van der Waals surface area (Å²) in [6.45, 7) is 3.16. The molecule has 0 aliphatic carbocycles. The Bertz CT molecular complexity index is 565. The molecule has 1 amide bonds. The van der Waals surface area contributed by atoms with E-state index in [0.717, 1.165) is 17.5 Å². The molecule has 5 nitrogen and oxygen atoms in total. The second-order valence-electron chi connectivity index (χ2n) is 4.88. The molecule has 112 valence electrons. The highest BCUT2D eigenvalue weighted by molar-refractivity contribution is 5.87. The first-order valence-corrected chi connectivity index (χ1v) is 7.04. The van der Waals surface area contributed by atoms with Gasteiger partial charge in [0.15, 0.2) is 0 Å². The molecule has 1 aliphatic heterocycles. The third-order valence-corrected chi connectivity index (χ3v) is 3.50. The van der Waals surface area contributed by atoms with Gasteiger partial charge in [-0.1, -0.05) is 18.2 Å². The number of carbonyl (C=O) groups is 2. The van der Waals surface area contributed by atoms with Gasteiger partial charge in [-0.3, -0.25) is 0 Å². The lowest BCUT2D eigenvalue weighted by atomic mass is 10.00. The van der Waals surface area contributed by atoms with Crippen molar-refractivity contribution in [1.82, 2.24) is 4.90 Å². The van der Waals surface area contributed by atoms with Crippen LogP contribution in [0.3, 0.4) is 0 Å². The van der Waals surface area contributed by atoms with Crippen LogP contribution >= 0.6 is 0 Å². The van der Waals surface area contributed by atoms with Crippen LogP contribution in [0.4, 0.5) is 4.79 Å². The smallest absolute Gasteiger partial charge is 0.407 e. The van der Waals surface area contributed by atoms with Gasteiger partial charge in [-0.25, -0.2) is 9.59 Å². The van der Waals surface area contributed by atoms with Crippen LogP contribution in [0.2, 0.25) is 0 Å². The van der Waals surface area contributed by atoms with Crippen LogP contribution in [0, 0.1) is 0 Å². The van der Waals surface area contributed by atoms with Crippen LogP contribution < -0.4 is 0 Å². The van der Waals surface area contributed by atoms with Crippen LogP contribution in [0.25, 0.3) is 6.08 Å². The average Bonchev–Trinajstić information content (AvgIpc) is 2.67. The Kier molecular flexibility index (Phi) is 4.98. The van der Waals surface area contributed by atoms with Crippen LogP contribution in [0.1, 0.15) is 23.6 Å². The van der Waals surface area contributed by atoms with E-state index < -0.39 is 6.09 Å². The van der Waals surface area contributed by atoms with Crippen molar-refractivity contribution in [3.05, 3.63) is 41.0 Å². The van der Waals surface area contributed by atoms with E-state index in [1.807, 2.05) is 18.2 Å². The maximum Gasteiger partial charge on any atom is 0.407 e. The molecule has 0 atom stereocenters. The molecule has 0 bridgehead atoms. The fraction of sp³-hybridized carbons (Fsp3) is 0.375. The zero-order valence-electron chi connectivity index (χ0n) is 12.0. The van der Waals surface area contributed by atoms with E-state index >= 15 is 0 Å². The van der Waals surface area contributed by atoms with Gasteiger partial charge in [0.05, 0.1) is 6.61 Å². The van der Waals surface area contributed by atoms with E-state index in [4.69, 9.17) is 9.84 Å². The molecule has 0 saturated heterocycles. The van der Waals surface area contributed by atoms with Crippen molar-refractivity contribution < 1.29 is 19.4 Å². The Morgan fingerprint density at radius 3 is 2.67 bits per heavy atom. The first kappa shape index (κ1) is 15.1. The molecule has 1 aliphatic rings. The maximum absolute atomic E-state index is 11.3. The zero-order valence-corrected chi connectivity index (χ0v) is 12.0. The molecule has 1 aromatic carbocycles. The van der Waals surface area contributed by atoms with Crippen molar-refractivity contribution in [3.63, 3.8) is 0 Å². The third kappa shape index (κ3) is 4.08. The first-order chi connectivity index (χ1) is 10.1. The quantitative estimate of drug-likeness (QED) is 0.685. The van der Waals surface area contributed by atoms with Crippen molar-refractivity contribution in [3.8, 4) is 0 Å². The molecule has 1 aromatic rings. The van der Waals surface area contributed by atoms with Crippen LogP contribution in [-0.2, 0) is 22.4 Å². The van der Waals surface area contributed by atoms with E-state index in [1.165, 1.54) is 16.5 Å². The summed E-state index contributed by atoms with van der Waals surface area (Å²) < 4.78 is 4.84. The number of rotatable bonds is 3. The molecule has 5 heteroatoms. The Labute approximate surface area is 123 Å². The number of esters is 1. The third-order valence-electron chi connectivity index (χ3n) is 3.50. The number of benzene rings is 1. The highest BCUT2D eigenvalue weighted by Gasteiger charge is 2.17. The molecule has 0 spiro atoms. The van der Waals surface area contributed by atoms with Crippen molar-refractivity contribution in [1.29, 1.82) is 0 Å². The predicted octanol–water partition coefficient (Wildman–Crippen LogP) is 2.34. The number of carbonyl (C=O) groups excluding carboxylic acids is 1. The number of hydrogen-bond donors (Lipinski definition) is 1. The molecule has 0 radical (unpaired) electrons. The predicted molar refractivity (Wildman–Crippen MR) is 79.1 cm³/mol. The fourth-order valence-electron chi connectivity index (χ4n) is 2.39. The van der Waals surface area contributed by atoms with Gasteiger partial charge in [-0.15, -0.1) is 0 Å². The summed E-state index contributed by atoms with van der Waals surface area (Å²) in [5.41, 5.74) is 3.24. The minimum absolute atomic E-state index is 0.357. The lowest BCUT2D eigenvalue weighted by Crippen LogP contribution is -2.31. The van der Waals surface area contributed by atoms with E-state index in [9.17, 15) is 9.59 Å². The van der Waals surface area contributed by atoms with Gasteiger partial charge >= 0.3 is 12.1 Å². The summed E-state index contributed by atoms with van der Waals surface area (Å²) in [5.74, 6) is -0.357. The number of carboxylic acid groups (broad SMARTS) is 1. The standard InChI is InChI=1S/C16H19NO4/c1-2-21-15(18)6-4-12-3-5-13-7-9-17(16(19)20)10-8-14(13)11-12/h3-6,11H,2,7-10H2,1H3,(H,19,20). The van der Waals surface area contributed by atoms with Gasteiger partial charge in [-0.05, 0) is 42.5 Å². The van der Waals surface area contributed by atoms with E-state index in [2.05, 4.69) is 0 Å². The number of nitrogens with zero attached hydrogens (tertiary/aromatic N) is 1. The summed E-state index contributed by atoms with van der Waals surface area (Å²) in [7, 11) is 0. The summed E-state index contributed by atoms with van der Waals surface area (Å²) in [4.78, 5) is 23.8. The second-order valence-corrected chi connectivity index (χ2v) is 4.88. The molecular formula is C16H19NO4. The first-order valence-electron chi connectivity index (χ1n) is 7.04. The number of fused-ring (bicyclic) bond motifs is 1. The van der Waals surface area contributed by atoms with E-state index in [-0.39, 0.29) is 5.97 Å². The molecule has 1 N–H and O–H groups in total. The normalized spacial score (nSPS) is 14.6. The van der Waals surface area contributed by atoms with Gasteiger partial charge < -0.3 is 14.7 Å². The summed E-state index contributed by atoms with van der Waals surface area (Å²) in [6, 6.07) is 5.95. The van der Waals surface area contributed by atoms with Crippen molar-refractivity contribution in [2.75, 3.05) is 19.7 Å². The molecule has 0 unspecified atom stereocenters. The fourth-order valence-corrected chi connectivity index (χ4v) is 2.39. The molecule has 2 rings (SSSR count). The number of hydrogen-bond acceptors (Lipinski definition) is 3. The van der Waals surface area contributed by atoms with Gasteiger partial charge in [0.1, 0.15) is 0 Å². The van der Waals surface area contributed by atoms with Gasteiger partial charge in [0.2, 0.25) is 0 Å². The Balaban J connectivity index is 2.10. The van der Waals surface area contributed by atoms with Crippen molar-refractivity contribution in [2.45, 2.75) is 19.8 Å². The van der Waals surface area contributed by atoms with Gasteiger partial charge in [-0.2, -0.15) is 0 Å². The van der Waals surface area contributed by atoms with E-state index in [0.29, 0.717) is 26.1 Å². The molecule has 1 heterocycles. The number of ether oxygens (including phenoxy) is 1. The molecule has 0 fully saturated rings. The van der Waals surface area contributed by atoms with Crippen LogP contribution in [-0.4, -0.2) is 41.8 Å². The average molecular weight is 289 g/mol. The highest BCUT2D eigenvalue weighted by Crippen LogP contribution is 2.18. The van der Waals surface area contributed by atoms with Gasteiger partial charge in [0, 0.05) is 19.2 Å². The second kappa shape index (κ2) is 6.92. The largest absolute Gasteiger partial charge is 0.465 e. The lowest BCUT2D eigenvalue weighted by molar-refractivity contribution is -0.137. The minimum atomic E-state index is -0.870. The summed E-state index contributed by atoms with van der Waals surface area (Å²) in [6.07, 6.45) is 3.68. The monoisotopic (exact) mass is 289 g/mol.